The van der Waals surface area contributed by atoms with Gasteiger partial charge in [0.1, 0.15) is 12.6 Å². The first-order valence-electron chi connectivity index (χ1n) is 13.9. The summed E-state index contributed by atoms with van der Waals surface area (Å²) in [6, 6.07) is 5.74. The molecule has 1 N–H and O–H groups in total. The van der Waals surface area contributed by atoms with Crippen LogP contribution in [0, 0.1) is 0 Å². The normalized spacial score (nSPS) is 23.7. The summed E-state index contributed by atoms with van der Waals surface area (Å²) < 4.78 is 0. The van der Waals surface area contributed by atoms with Gasteiger partial charge in [-0.05, 0) is 69.6 Å². The van der Waals surface area contributed by atoms with Crippen LogP contribution in [-0.4, -0.2) is 60.9 Å². The van der Waals surface area contributed by atoms with Crippen LogP contribution in [0.2, 0.25) is 0 Å². The van der Waals surface area contributed by atoms with Gasteiger partial charge in [-0.15, -0.1) is 0 Å². The predicted octanol–water partition coefficient (Wildman–Crippen LogP) is 4.25. The summed E-state index contributed by atoms with van der Waals surface area (Å²) >= 11 is 0. The van der Waals surface area contributed by atoms with Crippen molar-refractivity contribution in [3.8, 4) is 0 Å². The number of benzene rings is 1. The van der Waals surface area contributed by atoms with E-state index in [0.29, 0.717) is 11.3 Å². The second kappa shape index (κ2) is 11.0. The molecule has 3 fully saturated rings. The number of carbonyl (C=O) groups excluding carboxylic acids is 3. The molecule has 1 saturated carbocycles. The topological polar surface area (TPSA) is 73.0 Å². The fraction of sp³-hybridized carbons (Fsp3) is 0.679. The van der Waals surface area contributed by atoms with Gasteiger partial charge in [0.25, 0.3) is 5.91 Å². The van der Waals surface area contributed by atoms with E-state index in [-0.39, 0.29) is 36.3 Å². The Bertz CT molecular complexity index is 934. The number of amides is 3. The lowest BCUT2D eigenvalue weighted by atomic mass is 9.95. The highest BCUT2D eigenvalue weighted by Gasteiger charge is 2.40. The van der Waals surface area contributed by atoms with Gasteiger partial charge >= 0.3 is 0 Å². The first-order chi connectivity index (χ1) is 17.1. The molecule has 5 rings (SSSR count). The minimum Gasteiger partial charge on any atom is -0.358 e. The van der Waals surface area contributed by atoms with Crippen LogP contribution in [-0.2, 0) is 9.59 Å². The van der Waals surface area contributed by atoms with Crippen molar-refractivity contribution in [3.05, 3.63) is 23.8 Å². The molecule has 0 bridgehead atoms. The Labute approximate surface area is 209 Å². The molecule has 1 aromatic rings. The van der Waals surface area contributed by atoms with Crippen LogP contribution in [0.15, 0.2) is 18.2 Å². The molecule has 1 aliphatic carbocycles. The van der Waals surface area contributed by atoms with Crippen LogP contribution in [0.3, 0.4) is 0 Å². The average Bonchev–Trinajstić information content (AvgIpc) is 2.88. The Morgan fingerprint density at radius 2 is 1.46 bits per heavy atom. The lowest BCUT2D eigenvalue weighted by Crippen LogP contribution is -2.57. The smallest absolute Gasteiger partial charge is 0.253 e. The molecule has 7 nitrogen and oxygen atoms in total. The van der Waals surface area contributed by atoms with Gasteiger partial charge in [0.05, 0.1) is 11.4 Å². The molecule has 1 aromatic carbocycles. The number of nitrogens with zero attached hydrogens (tertiary/aromatic N) is 3. The zero-order valence-electron chi connectivity index (χ0n) is 21.0. The summed E-state index contributed by atoms with van der Waals surface area (Å²) in [6.45, 7) is 2.44. The van der Waals surface area contributed by atoms with Crippen LogP contribution < -0.4 is 15.1 Å². The second-order valence-electron chi connectivity index (χ2n) is 10.8. The van der Waals surface area contributed by atoms with Crippen molar-refractivity contribution in [2.75, 3.05) is 36.0 Å². The minimum absolute atomic E-state index is 0.00686. The fourth-order valence-electron chi connectivity index (χ4n) is 6.35. The third-order valence-corrected chi connectivity index (χ3v) is 8.29. The lowest BCUT2D eigenvalue weighted by molar-refractivity contribution is -0.125. The molecular formula is C28H40N4O3. The zero-order chi connectivity index (χ0) is 24.2. The standard InChI is InChI=1S/C28H40N4O3/c33-26(29-22-11-5-2-1-3-6-12-22)20-32-25-19-21(27(34)30-16-8-4-9-17-30)14-15-23(25)31-18-10-7-13-24(31)28(32)35/h14-15,19,22,24H,1-13,16-18,20H2,(H,29,33). The largest absolute Gasteiger partial charge is 0.358 e. The van der Waals surface area contributed by atoms with E-state index in [1.54, 1.807) is 4.90 Å². The lowest BCUT2D eigenvalue weighted by Gasteiger charge is -2.45. The molecule has 2 saturated heterocycles. The monoisotopic (exact) mass is 480 g/mol. The van der Waals surface area contributed by atoms with E-state index in [4.69, 9.17) is 0 Å². The molecule has 4 aliphatic rings. The van der Waals surface area contributed by atoms with Gasteiger partial charge in [-0.1, -0.05) is 32.1 Å². The summed E-state index contributed by atoms with van der Waals surface area (Å²) in [7, 11) is 0. The van der Waals surface area contributed by atoms with Crippen molar-refractivity contribution in [1.29, 1.82) is 0 Å². The molecule has 1 unspecified atom stereocenters. The van der Waals surface area contributed by atoms with Gasteiger partial charge in [-0.3, -0.25) is 19.3 Å². The maximum Gasteiger partial charge on any atom is 0.253 e. The Kier molecular flexibility index (Phi) is 7.59. The molecule has 0 aromatic heterocycles. The Morgan fingerprint density at radius 3 is 2.23 bits per heavy atom. The highest BCUT2D eigenvalue weighted by Crippen LogP contribution is 2.40. The predicted molar refractivity (Wildman–Crippen MR) is 138 cm³/mol. The summed E-state index contributed by atoms with van der Waals surface area (Å²) in [5, 5.41) is 3.22. The number of anilines is 2. The van der Waals surface area contributed by atoms with Crippen LogP contribution in [0.1, 0.15) is 93.8 Å². The number of hydrogen-bond acceptors (Lipinski definition) is 4. The van der Waals surface area contributed by atoms with E-state index in [9.17, 15) is 14.4 Å². The zero-order valence-corrected chi connectivity index (χ0v) is 21.0. The second-order valence-corrected chi connectivity index (χ2v) is 10.8. The van der Waals surface area contributed by atoms with Crippen molar-refractivity contribution >= 4 is 29.1 Å². The molecule has 3 aliphatic heterocycles. The van der Waals surface area contributed by atoms with E-state index in [1.807, 2.05) is 23.1 Å². The number of nitrogens with one attached hydrogen (secondary N) is 1. The van der Waals surface area contributed by atoms with Crippen LogP contribution in [0.4, 0.5) is 11.4 Å². The Balaban J connectivity index is 1.38. The quantitative estimate of drug-likeness (QED) is 0.699. The average molecular weight is 481 g/mol. The number of likely N-dealkylation sites (tertiary alicyclic amines) is 1. The molecule has 1 atom stereocenters. The van der Waals surface area contributed by atoms with E-state index in [1.165, 1.54) is 25.7 Å². The van der Waals surface area contributed by atoms with Crippen LogP contribution >= 0.6 is 0 Å². The summed E-state index contributed by atoms with van der Waals surface area (Å²) in [4.78, 5) is 45.8. The molecule has 0 spiro atoms. The molecular weight excluding hydrogens is 440 g/mol. The number of carbonyl (C=O) groups is 3. The Hall–Kier alpha value is -2.57. The number of piperidine rings is 2. The third kappa shape index (κ3) is 5.34. The van der Waals surface area contributed by atoms with Crippen molar-refractivity contribution < 1.29 is 14.4 Å². The van der Waals surface area contributed by atoms with Gasteiger partial charge in [0, 0.05) is 31.2 Å². The van der Waals surface area contributed by atoms with Gasteiger partial charge in [0.2, 0.25) is 11.8 Å². The van der Waals surface area contributed by atoms with E-state index >= 15 is 0 Å². The SMILES string of the molecule is O=C(CN1C(=O)C2CCCCN2c2ccc(C(=O)N3CCCCC3)cc21)NC1CCCCCCC1. The molecule has 35 heavy (non-hydrogen) atoms. The van der Waals surface area contributed by atoms with Crippen molar-refractivity contribution in [2.24, 2.45) is 0 Å². The van der Waals surface area contributed by atoms with E-state index in [0.717, 1.165) is 83.1 Å². The maximum absolute atomic E-state index is 13.6. The minimum atomic E-state index is -0.214. The number of fused-ring (bicyclic) bond motifs is 3. The third-order valence-electron chi connectivity index (χ3n) is 8.29. The number of hydrogen-bond donors (Lipinski definition) is 1. The molecule has 0 radical (unpaired) electrons. The number of rotatable bonds is 4. The van der Waals surface area contributed by atoms with Crippen LogP contribution in [0.5, 0.6) is 0 Å². The first kappa shape index (κ1) is 24.1. The van der Waals surface area contributed by atoms with Crippen LogP contribution in [0.25, 0.3) is 0 Å². The molecule has 3 amide bonds. The highest BCUT2D eigenvalue weighted by atomic mass is 16.2. The van der Waals surface area contributed by atoms with Crippen molar-refractivity contribution in [2.45, 2.75) is 95.6 Å². The van der Waals surface area contributed by atoms with Gasteiger partial charge in [0.15, 0.2) is 0 Å². The molecule has 7 heteroatoms. The maximum atomic E-state index is 13.6. The summed E-state index contributed by atoms with van der Waals surface area (Å²) in [5.74, 6) is -0.0703. The summed E-state index contributed by atoms with van der Waals surface area (Å²) in [5.41, 5.74) is 2.30. The van der Waals surface area contributed by atoms with E-state index in [2.05, 4.69) is 10.2 Å². The molecule has 3 heterocycles. The first-order valence-corrected chi connectivity index (χ1v) is 13.9. The van der Waals surface area contributed by atoms with Crippen molar-refractivity contribution in [3.63, 3.8) is 0 Å². The van der Waals surface area contributed by atoms with Crippen molar-refractivity contribution in [1.82, 2.24) is 10.2 Å². The molecule has 190 valence electrons. The van der Waals surface area contributed by atoms with E-state index < -0.39 is 0 Å². The van der Waals surface area contributed by atoms with Gasteiger partial charge in [-0.25, -0.2) is 0 Å². The summed E-state index contributed by atoms with van der Waals surface area (Å²) in [6.07, 6.45) is 14.2. The fourth-order valence-corrected chi connectivity index (χ4v) is 6.35. The van der Waals surface area contributed by atoms with Gasteiger partial charge < -0.3 is 15.1 Å². The Morgan fingerprint density at radius 1 is 0.800 bits per heavy atom. The van der Waals surface area contributed by atoms with Gasteiger partial charge in [-0.2, -0.15) is 0 Å². The highest BCUT2D eigenvalue weighted by molar-refractivity contribution is 6.09.